The van der Waals surface area contributed by atoms with Crippen molar-refractivity contribution in [2.75, 3.05) is 23.8 Å². The fourth-order valence-corrected chi connectivity index (χ4v) is 6.56. The lowest BCUT2D eigenvalue weighted by atomic mass is 9.79. The van der Waals surface area contributed by atoms with Gasteiger partial charge in [-0.05, 0) is 61.1 Å². The number of sulfonamides is 1. The molecule has 1 fully saturated rings. The third kappa shape index (κ3) is 9.07. The van der Waals surface area contributed by atoms with Crippen LogP contribution in [-0.2, 0) is 21.4 Å². The van der Waals surface area contributed by atoms with E-state index in [1.165, 1.54) is 12.1 Å². The van der Waals surface area contributed by atoms with Crippen LogP contribution >= 0.6 is 0 Å². The molecule has 3 aromatic rings. The molecule has 0 heterocycles. The number of nitrogens with one attached hydrogen (secondary N) is 3. The Hall–Kier alpha value is -3.85. The second-order valence-corrected chi connectivity index (χ2v) is 13.7. The fourth-order valence-electron chi connectivity index (χ4n) is 5.56. The van der Waals surface area contributed by atoms with E-state index in [-0.39, 0.29) is 17.2 Å². The van der Waals surface area contributed by atoms with Gasteiger partial charge in [0, 0.05) is 31.2 Å². The maximum atomic E-state index is 13.7. The number of hydrogen-bond donors (Lipinski definition) is 3. The van der Waals surface area contributed by atoms with Gasteiger partial charge in [0.1, 0.15) is 0 Å². The summed E-state index contributed by atoms with van der Waals surface area (Å²) < 4.78 is 27.8. The van der Waals surface area contributed by atoms with Crippen molar-refractivity contribution in [2.24, 2.45) is 5.92 Å². The largest absolute Gasteiger partial charge is 0.379 e. The Bertz CT molecular complexity index is 1470. The summed E-state index contributed by atoms with van der Waals surface area (Å²) in [5, 5.41) is 6.69. The van der Waals surface area contributed by atoms with Gasteiger partial charge in [0.2, 0.25) is 5.91 Å². The number of anilines is 2. The number of hydrogen-bond acceptors (Lipinski definition) is 6. The van der Waals surface area contributed by atoms with E-state index in [0.717, 1.165) is 49.2 Å². The van der Waals surface area contributed by atoms with Gasteiger partial charge in [-0.3, -0.25) is 9.59 Å². The molecule has 1 aliphatic rings. The number of carbonyl (C=O) groups excluding carboxylic acids is 2. The summed E-state index contributed by atoms with van der Waals surface area (Å²) in [5.74, 6) is -0.335. The van der Waals surface area contributed by atoms with E-state index in [9.17, 15) is 18.0 Å². The molecule has 0 aromatic heterocycles. The topological polar surface area (TPSA) is 108 Å². The number of amides is 2. The SMILES string of the molecule is CC(C)CCN(C)c1ccc(C(=O)NC2(CC(=O)NS(=O)(=O)c3ccccc3)CCCCC2)cc1NCc1ccccc1. The highest BCUT2D eigenvalue weighted by molar-refractivity contribution is 7.90. The van der Waals surface area contributed by atoms with Crippen LogP contribution in [0.15, 0.2) is 83.8 Å². The van der Waals surface area contributed by atoms with Crippen LogP contribution in [0.5, 0.6) is 0 Å². The van der Waals surface area contributed by atoms with Crippen LogP contribution < -0.4 is 20.3 Å². The van der Waals surface area contributed by atoms with E-state index >= 15 is 0 Å². The molecule has 0 aliphatic heterocycles. The first-order valence-electron chi connectivity index (χ1n) is 15.1. The Morgan fingerprint density at radius 1 is 0.907 bits per heavy atom. The van der Waals surface area contributed by atoms with E-state index in [4.69, 9.17) is 0 Å². The van der Waals surface area contributed by atoms with Crippen LogP contribution in [0.2, 0.25) is 0 Å². The van der Waals surface area contributed by atoms with E-state index in [2.05, 4.69) is 53.3 Å². The molecule has 0 atom stereocenters. The Labute approximate surface area is 256 Å². The molecule has 8 nitrogen and oxygen atoms in total. The zero-order valence-electron chi connectivity index (χ0n) is 25.4. The quantitative estimate of drug-likeness (QED) is 0.217. The van der Waals surface area contributed by atoms with E-state index < -0.39 is 21.5 Å². The minimum absolute atomic E-state index is 0.0269. The molecule has 3 N–H and O–H groups in total. The molecular weight excluding hydrogens is 560 g/mol. The van der Waals surface area contributed by atoms with Gasteiger partial charge < -0.3 is 15.5 Å². The molecule has 9 heteroatoms. The third-order valence-electron chi connectivity index (χ3n) is 8.03. The number of nitrogens with zero attached hydrogens (tertiary/aromatic N) is 1. The zero-order valence-corrected chi connectivity index (χ0v) is 26.3. The lowest BCUT2D eigenvalue weighted by molar-refractivity contribution is -0.121. The Kier molecular flexibility index (Phi) is 10.9. The van der Waals surface area contributed by atoms with Gasteiger partial charge in [0.05, 0.1) is 22.7 Å². The van der Waals surface area contributed by atoms with Crippen molar-refractivity contribution in [3.05, 3.63) is 90.0 Å². The standard InChI is InChI=1S/C34H44N4O4S/c1-26(2)19-22-38(3)31-18-17-28(23-30(31)35-25-27-13-7-4-8-14-27)33(40)36-34(20-11-6-12-21-34)24-32(39)37-43(41,42)29-15-9-5-10-16-29/h4-5,7-10,13-18,23,26,35H,6,11-12,19-22,24-25H2,1-3H3,(H,36,40)(H,37,39). The molecule has 4 rings (SSSR count). The minimum Gasteiger partial charge on any atom is -0.379 e. The third-order valence-corrected chi connectivity index (χ3v) is 9.42. The fraction of sp³-hybridized carbons (Fsp3) is 0.412. The van der Waals surface area contributed by atoms with Crippen LogP contribution in [0.4, 0.5) is 11.4 Å². The predicted molar refractivity (Wildman–Crippen MR) is 173 cm³/mol. The molecule has 2 amide bonds. The van der Waals surface area contributed by atoms with Crippen LogP contribution in [-0.4, -0.2) is 39.4 Å². The van der Waals surface area contributed by atoms with Crippen molar-refractivity contribution in [3.63, 3.8) is 0 Å². The molecular formula is C34H44N4O4S. The summed E-state index contributed by atoms with van der Waals surface area (Å²) in [4.78, 5) is 29.0. The van der Waals surface area contributed by atoms with Gasteiger partial charge in [0.25, 0.3) is 15.9 Å². The lowest BCUT2D eigenvalue weighted by Gasteiger charge is -2.37. The first kappa shape index (κ1) is 32.1. The highest BCUT2D eigenvalue weighted by atomic mass is 32.2. The molecule has 230 valence electrons. The maximum absolute atomic E-state index is 13.7. The van der Waals surface area contributed by atoms with E-state index in [1.54, 1.807) is 18.2 Å². The molecule has 0 unspecified atom stereocenters. The molecule has 0 bridgehead atoms. The second-order valence-electron chi connectivity index (χ2n) is 12.0. The van der Waals surface area contributed by atoms with Gasteiger partial charge in [0.15, 0.2) is 0 Å². The Morgan fingerprint density at radius 2 is 1.56 bits per heavy atom. The van der Waals surface area contributed by atoms with Gasteiger partial charge in [-0.2, -0.15) is 0 Å². The highest BCUT2D eigenvalue weighted by Crippen LogP contribution is 2.33. The van der Waals surface area contributed by atoms with Crippen LogP contribution in [0.1, 0.15) is 74.7 Å². The minimum atomic E-state index is -4.00. The van der Waals surface area contributed by atoms with Crippen LogP contribution in [0.3, 0.4) is 0 Å². The summed E-state index contributed by atoms with van der Waals surface area (Å²) in [6, 6.07) is 23.6. The monoisotopic (exact) mass is 604 g/mol. The molecule has 3 aromatic carbocycles. The smallest absolute Gasteiger partial charge is 0.264 e. The number of carbonyl (C=O) groups is 2. The van der Waals surface area contributed by atoms with Crippen molar-refractivity contribution in [1.82, 2.24) is 10.0 Å². The number of benzene rings is 3. The first-order chi connectivity index (χ1) is 20.6. The van der Waals surface area contributed by atoms with Crippen molar-refractivity contribution in [3.8, 4) is 0 Å². The van der Waals surface area contributed by atoms with Crippen molar-refractivity contribution in [1.29, 1.82) is 0 Å². The average molecular weight is 605 g/mol. The number of rotatable bonds is 13. The molecule has 43 heavy (non-hydrogen) atoms. The summed E-state index contributed by atoms with van der Waals surface area (Å²) in [7, 11) is -1.94. The highest BCUT2D eigenvalue weighted by Gasteiger charge is 2.37. The molecule has 0 spiro atoms. The average Bonchev–Trinajstić information content (AvgIpc) is 2.99. The summed E-state index contributed by atoms with van der Waals surface area (Å²) in [6.45, 7) is 5.90. The maximum Gasteiger partial charge on any atom is 0.264 e. The zero-order chi connectivity index (χ0) is 30.9. The Morgan fingerprint density at radius 3 is 2.21 bits per heavy atom. The summed E-state index contributed by atoms with van der Waals surface area (Å²) in [6.07, 6.45) is 4.85. The van der Waals surface area contributed by atoms with E-state index in [0.29, 0.717) is 30.9 Å². The molecule has 0 radical (unpaired) electrons. The molecule has 1 saturated carbocycles. The van der Waals surface area contributed by atoms with Crippen LogP contribution in [0.25, 0.3) is 0 Å². The van der Waals surface area contributed by atoms with Crippen molar-refractivity contribution in [2.45, 2.75) is 75.8 Å². The van der Waals surface area contributed by atoms with Gasteiger partial charge in [-0.1, -0.05) is 81.6 Å². The normalized spacial score (nSPS) is 14.6. The van der Waals surface area contributed by atoms with Crippen molar-refractivity contribution >= 4 is 33.2 Å². The molecule has 0 saturated heterocycles. The lowest BCUT2D eigenvalue weighted by Crippen LogP contribution is -2.52. The summed E-state index contributed by atoms with van der Waals surface area (Å²) in [5.41, 5.74) is 2.65. The van der Waals surface area contributed by atoms with E-state index in [1.807, 2.05) is 36.4 Å². The Balaban J connectivity index is 1.53. The second kappa shape index (κ2) is 14.6. The summed E-state index contributed by atoms with van der Waals surface area (Å²) >= 11 is 0. The predicted octanol–water partition coefficient (Wildman–Crippen LogP) is 6.11. The van der Waals surface area contributed by atoms with Crippen molar-refractivity contribution < 1.29 is 18.0 Å². The molecule has 1 aliphatic carbocycles. The van der Waals surface area contributed by atoms with Gasteiger partial charge >= 0.3 is 0 Å². The first-order valence-corrected chi connectivity index (χ1v) is 16.6. The van der Waals surface area contributed by atoms with Gasteiger partial charge in [-0.15, -0.1) is 0 Å². The van der Waals surface area contributed by atoms with Crippen LogP contribution in [0, 0.1) is 5.92 Å². The van der Waals surface area contributed by atoms with Gasteiger partial charge in [-0.25, -0.2) is 13.1 Å².